The lowest BCUT2D eigenvalue weighted by atomic mass is 10.2. The van der Waals surface area contributed by atoms with Crippen molar-refractivity contribution in [3.63, 3.8) is 0 Å². The number of hydrogen-bond donors (Lipinski definition) is 1. The molecule has 3 rings (SSSR count). The van der Waals surface area contributed by atoms with E-state index in [1.807, 2.05) is 0 Å². The van der Waals surface area contributed by atoms with Crippen molar-refractivity contribution in [1.82, 2.24) is 10.2 Å². The van der Waals surface area contributed by atoms with E-state index in [2.05, 4.69) is 10.2 Å². The molecule has 1 aromatic carbocycles. The Morgan fingerprint density at radius 2 is 2.06 bits per heavy atom. The van der Waals surface area contributed by atoms with Gasteiger partial charge in [0.1, 0.15) is 0 Å². The molecule has 0 spiro atoms. The molecule has 0 saturated heterocycles. The molecule has 5 heteroatoms. The molecule has 0 unspecified atom stereocenters. The van der Waals surface area contributed by atoms with Gasteiger partial charge in [0.05, 0.1) is 0 Å². The van der Waals surface area contributed by atoms with Crippen molar-refractivity contribution < 1.29 is 4.42 Å². The van der Waals surface area contributed by atoms with E-state index in [0.29, 0.717) is 28.4 Å². The van der Waals surface area contributed by atoms with E-state index in [1.165, 1.54) is 0 Å². The van der Waals surface area contributed by atoms with E-state index < -0.39 is 0 Å². The van der Waals surface area contributed by atoms with Crippen LogP contribution in [-0.4, -0.2) is 10.2 Å². The fourth-order valence-electron chi connectivity index (χ4n) is 1.58. The molecule has 0 atom stereocenters. The Bertz CT molecular complexity index is 514. The number of benzene rings is 1. The van der Waals surface area contributed by atoms with Crippen molar-refractivity contribution in [1.29, 1.82) is 0 Å². The molecule has 1 saturated carbocycles. The molecule has 1 aromatic heterocycles. The van der Waals surface area contributed by atoms with Crippen LogP contribution in [0.25, 0.3) is 11.5 Å². The largest absolute Gasteiger partial charge is 0.420 e. The van der Waals surface area contributed by atoms with Crippen LogP contribution in [0.2, 0.25) is 5.02 Å². The summed E-state index contributed by atoms with van der Waals surface area (Å²) in [7, 11) is 0. The Hall–Kier alpha value is -1.55. The van der Waals surface area contributed by atoms with Crippen LogP contribution in [0.15, 0.2) is 22.6 Å². The molecule has 1 aliphatic rings. The molecule has 0 amide bonds. The van der Waals surface area contributed by atoms with Gasteiger partial charge in [-0.1, -0.05) is 11.6 Å². The fourth-order valence-corrected chi connectivity index (χ4v) is 1.83. The van der Waals surface area contributed by atoms with Crippen molar-refractivity contribution in [2.24, 2.45) is 0 Å². The zero-order chi connectivity index (χ0) is 11.1. The van der Waals surface area contributed by atoms with E-state index in [1.54, 1.807) is 18.2 Å². The molecular weight excluding hydrogens is 226 g/mol. The number of hydrogen-bond acceptors (Lipinski definition) is 4. The number of halogens is 1. The maximum Gasteiger partial charge on any atom is 0.247 e. The summed E-state index contributed by atoms with van der Waals surface area (Å²) in [6.07, 6.45) is 2.28. The lowest BCUT2D eigenvalue weighted by Gasteiger charge is -1.98. The van der Waals surface area contributed by atoms with Crippen LogP contribution in [0.1, 0.15) is 24.7 Å². The first-order valence-electron chi connectivity index (χ1n) is 5.12. The molecule has 1 heterocycles. The fraction of sp³-hybridized carbons (Fsp3) is 0.273. The van der Waals surface area contributed by atoms with Crippen molar-refractivity contribution >= 4 is 17.3 Å². The summed E-state index contributed by atoms with van der Waals surface area (Å²) in [6.45, 7) is 0. The van der Waals surface area contributed by atoms with Crippen LogP contribution in [-0.2, 0) is 0 Å². The Kier molecular flexibility index (Phi) is 2.11. The summed E-state index contributed by atoms with van der Waals surface area (Å²) >= 11 is 5.91. The van der Waals surface area contributed by atoms with Gasteiger partial charge in [-0.3, -0.25) is 0 Å². The Morgan fingerprint density at radius 3 is 2.75 bits per heavy atom. The Balaban J connectivity index is 2.00. The molecule has 16 heavy (non-hydrogen) atoms. The highest BCUT2D eigenvalue weighted by molar-refractivity contribution is 6.31. The summed E-state index contributed by atoms with van der Waals surface area (Å²) in [4.78, 5) is 0. The lowest BCUT2D eigenvalue weighted by molar-refractivity contribution is 0.508. The van der Waals surface area contributed by atoms with E-state index in [0.717, 1.165) is 18.4 Å². The van der Waals surface area contributed by atoms with Crippen LogP contribution < -0.4 is 5.73 Å². The predicted octanol–water partition coefficient (Wildman–Crippen LogP) is 2.85. The highest BCUT2D eigenvalue weighted by Crippen LogP contribution is 2.40. The molecule has 0 bridgehead atoms. The highest BCUT2D eigenvalue weighted by Gasteiger charge is 2.29. The third-order valence-corrected chi connectivity index (χ3v) is 2.75. The maximum absolute atomic E-state index is 5.91. The number of anilines is 1. The normalized spacial score (nSPS) is 15.3. The topological polar surface area (TPSA) is 64.9 Å². The molecule has 2 aromatic rings. The first-order valence-corrected chi connectivity index (χ1v) is 5.50. The van der Waals surface area contributed by atoms with Crippen LogP contribution in [0.4, 0.5) is 5.69 Å². The molecule has 0 aliphatic heterocycles. The summed E-state index contributed by atoms with van der Waals surface area (Å²) < 4.78 is 5.57. The van der Waals surface area contributed by atoms with Crippen LogP contribution >= 0.6 is 11.6 Å². The van der Waals surface area contributed by atoms with Gasteiger partial charge >= 0.3 is 0 Å². The van der Waals surface area contributed by atoms with E-state index in [-0.39, 0.29) is 0 Å². The Morgan fingerprint density at radius 1 is 1.25 bits per heavy atom. The van der Waals surface area contributed by atoms with Gasteiger partial charge in [-0.25, -0.2) is 0 Å². The van der Waals surface area contributed by atoms with Crippen molar-refractivity contribution in [2.75, 3.05) is 5.73 Å². The van der Waals surface area contributed by atoms with Gasteiger partial charge in [-0.05, 0) is 31.0 Å². The van der Waals surface area contributed by atoms with Gasteiger partial charge in [-0.2, -0.15) is 0 Å². The summed E-state index contributed by atoms with van der Waals surface area (Å²) in [6, 6.07) is 5.22. The van der Waals surface area contributed by atoms with E-state index in [9.17, 15) is 0 Å². The summed E-state index contributed by atoms with van der Waals surface area (Å²) in [5.74, 6) is 1.66. The smallest absolute Gasteiger partial charge is 0.247 e. The average Bonchev–Trinajstić information content (AvgIpc) is 2.95. The zero-order valence-corrected chi connectivity index (χ0v) is 9.24. The van der Waals surface area contributed by atoms with Gasteiger partial charge in [0.25, 0.3) is 0 Å². The minimum Gasteiger partial charge on any atom is -0.420 e. The summed E-state index contributed by atoms with van der Waals surface area (Å²) in [5, 5.41) is 8.58. The predicted molar refractivity (Wildman–Crippen MR) is 61.1 cm³/mol. The number of nitrogens with zero attached hydrogens (tertiary/aromatic N) is 2. The maximum atomic E-state index is 5.91. The SMILES string of the molecule is Nc1cc(Cl)cc(-c2nnc(C3CC3)o2)c1. The monoisotopic (exact) mass is 235 g/mol. The molecular formula is C11H10ClN3O. The van der Waals surface area contributed by atoms with Gasteiger partial charge in [0.2, 0.25) is 11.8 Å². The third-order valence-electron chi connectivity index (χ3n) is 2.53. The van der Waals surface area contributed by atoms with E-state index >= 15 is 0 Å². The van der Waals surface area contributed by atoms with Crippen LogP contribution in [0.3, 0.4) is 0 Å². The zero-order valence-electron chi connectivity index (χ0n) is 8.48. The second-order valence-corrected chi connectivity index (χ2v) is 4.43. The number of rotatable bonds is 2. The molecule has 2 N–H and O–H groups in total. The second-order valence-electron chi connectivity index (χ2n) is 3.99. The number of nitrogens with two attached hydrogens (primary N) is 1. The number of nitrogen functional groups attached to an aromatic ring is 1. The number of aromatic nitrogens is 2. The van der Waals surface area contributed by atoms with Crippen molar-refractivity contribution in [3.05, 3.63) is 29.1 Å². The minimum absolute atomic E-state index is 0.456. The summed E-state index contributed by atoms with van der Waals surface area (Å²) in [5.41, 5.74) is 7.06. The first kappa shape index (κ1) is 9.66. The van der Waals surface area contributed by atoms with Gasteiger partial charge in [0, 0.05) is 22.2 Å². The third kappa shape index (κ3) is 1.76. The molecule has 1 fully saturated rings. The Labute approximate surface area is 97.4 Å². The van der Waals surface area contributed by atoms with E-state index in [4.69, 9.17) is 21.8 Å². The standard InChI is InChI=1S/C11H10ClN3O/c12-8-3-7(4-9(13)5-8)11-15-14-10(16-11)6-1-2-6/h3-6H,1-2,13H2. The lowest BCUT2D eigenvalue weighted by Crippen LogP contribution is -1.86. The highest BCUT2D eigenvalue weighted by atomic mass is 35.5. The van der Waals surface area contributed by atoms with Crippen LogP contribution in [0, 0.1) is 0 Å². The van der Waals surface area contributed by atoms with Crippen molar-refractivity contribution in [2.45, 2.75) is 18.8 Å². The minimum atomic E-state index is 0.456. The quantitative estimate of drug-likeness (QED) is 0.813. The molecule has 0 radical (unpaired) electrons. The average molecular weight is 236 g/mol. The second kappa shape index (κ2) is 3.49. The molecule has 4 nitrogen and oxygen atoms in total. The first-order chi connectivity index (χ1) is 7.72. The van der Waals surface area contributed by atoms with Crippen molar-refractivity contribution in [3.8, 4) is 11.5 Å². The molecule has 1 aliphatic carbocycles. The van der Waals surface area contributed by atoms with Crippen LogP contribution in [0.5, 0.6) is 0 Å². The molecule has 82 valence electrons. The van der Waals surface area contributed by atoms with Gasteiger partial charge in [-0.15, -0.1) is 10.2 Å². The van der Waals surface area contributed by atoms with Gasteiger partial charge < -0.3 is 10.2 Å². The van der Waals surface area contributed by atoms with Gasteiger partial charge in [0.15, 0.2) is 0 Å².